The van der Waals surface area contributed by atoms with Crippen molar-refractivity contribution in [1.82, 2.24) is 10.2 Å². The number of rotatable bonds is 2. The van der Waals surface area contributed by atoms with Crippen molar-refractivity contribution in [2.24, 2.45) is 17.3 Å². The molecule has 0 aromatic rings. The number of likely N-dealkylation sites (tertiary alicyclic amines) is 1. The summed E-state index contributed by atoms with van der Waals surface area (Å²) >= 11 is 0. The third-order valence-corrected chi connectivity index (χ3v) is 6.19. The summed E-state index contributed by atoms with van der Waals surface area (Å²) in [4.78, 5) is 27.4. The van der Waals surface area contributed by atoms with E-state index in [1.165, 1.54) is 6.42 Å². The summed E-state index contributed by atoms with van der Waals surface area (Å²) in [6.07, 6.45) is 8.28. The zero-order chi connectivity index (χ0) is 16.3. The number of nitrogens with one attached hydrogen (secondary N) is 1. The lowest BCUT2D eigenvalue weighted by Gasteiger charge is -2.46. The number of amides is 2. The molecule has 1 spiro atoms. The highest BCUT2D eigenvalue weighted by molar-refractivity contribution is 5.87. The molecule has 130 valence electrons. The molecule has 5 heteroatoms. The summed E-state index contributed by atoms with van der Waals surface area (Å²) < 4.78 is 5.52. The highest BCUT2D eigenvalue weighted by atomic mass is 16.5. The van der Waals surface area contributed by atoms with Crippen molar-refractivity contribution in [3.63, 3.8) is 0 Å². The molecule has 3 fully saturated rings. The van der Waals surface area contributed by atoms with Gasteiger partial charge in [0.2, 0.25) is 11.8 Å². The first-order chi connectivity index (χ1) is 11.2. The topological polar surface area (TPSA) is 58.6 Å². The summed E-state index contributed by atoms with van der Waals surface area (Å²) in [6.45, 7) is 3.38. The molecule has 5 nitrogen and oxygen atoms in total. The largest absolute Gasteiger partial charge is 0.381 e. The first kappa shape index (κ1) is 16.7. The highest BCUT2D eigenvalue weighted by Gasteiger charge is 2.42. The van der Waals surface area contributed by atoms with Gasteiger partial charge in [-0.25, -0.2) is 0 Å². The maximum absolute atomic E-state index is 13.1. The van der Waals surface area contributed by atoms with Crippen LogP contribution in [0.3, 0.4) is 0 Å². The van der Waals surface area contributed by atoms with E-state index in [1.807, 2.05) is 0 Å². The minimum absolute atomic E-state index is 0.0424. The Balaban J connectivity index is 1.69. The molecule has 2 amide bonds. The van der Waals surface area contributed by atoms with Crippen LogP contribution in [0, 0.1) is 17.3 Å². The molecule has 2 atom stereocenters. The predicted molar refractivity (Wildman–Crippen MR) is 87.8 cm³/mol. The van der Waals surface area contributed by atoms with Gasteiger partial charge in [0.15, 0.2) is 0 Å². The van der Waals surface area contributed by atoms with Gasteiger partial charge in [0.05, 0.1) is 0 Å². The van der Waals surface area contributed by atoms with Gasteiger partial charge in [-0.05, 0) is 43.9 Å². The van der Waals surface area contributed by atoms with Gasteiger partial charge in [-0.2, -0.15) is 0 Å². The number of hydrogen-bond acceptors (Lipinski definition) is 3. The molecule has 23 heavy (non-hydrogen) atoms. The number of carbonyl (C=O) groups is 2. The van der Waals surface area contributed by atoms with Crippen LogP contribution in [-0.2, 0) is 14.3 Å². The lowest BCUT2D eigenvalue weighted by molar-refractivity contribution is -0.148. The zero-order valence-electron chi connectivity index (χ0n) is 14.3. The Morgan fingerprint density at radius 3 is 2.43 bits per heavy atom. The maximum Gasteiger partial charge on any atom is 0.226 e. The summed E-state index contributed by atoms with van der Waals surface area (Å²) in [5, 5.41) is 2.75. The van der Waals surface area contributed by atoms with Gasteiger partial charge in [0, 0.05) is 45.2 Å². The Morgan fingerprint density at radius 1 is 1.04 bits per heavy atom. The number of ether oxygens (including phenoxy) is 1. The van der Waals surface area contributed by atoms with E-state index in [1.54, 1.807) is 7.05 Å². The molecule has 1 N–H and O–H groups in total. The minimum Gasteiger partial charge on any atom is -0.381 e. The van der Waals surface area contributed by atoms with Gasteiger partial charge in [0.25, 0.3) is 0 Å². The Morgan fingerprint density at radius 2 is 1.74 bits per heavy atom. The number of hydrogen-bond donors (Lipinski definition) is 1. The van der Waals surface area contributed by atoms with Crippen LogP contribution in [0.15, 0.2) is 0 Å². The van der Waals surface area contributed by atoms with Gasteiger partial charge in [-0.1, -0.05) is 12.8 Å². The van der Waals surface area contributed by atoms with Crippen molar-refractivity contribution in [2.75, 3.05) is 33.4 Å². The Bertz CT molecular complexity index is 440. The third-order valence-electron chi connectivity index (χ3n) is 6.19. The molecule has 0 bridgehead atoms. The maximum atomic E-state index is 13.1. The van der Waals surface area contributed by atoms with Crippen LogP contribution >= 0.6 is 0 Å². The fourth-order valence-electron chi connectivity index (χ4n) is 4.77. The van der Waals surface area contributed by atoms with E-state index < -0.39 is 0 Å². The van der Waals surface area contributed by atoms with Gasteiger partial charge in [0.1, 0.15) is 0 Å². The lowest BCUT2D eigenvalue weighted by atomic mass is 9.72. The van der Waals surface area contributed by atoms with Crippen LogP contribution < -0.4 is 5.32 Å². The van der Waals surface area contributed by atoms with Gasteiger partial charge >= 0.3 is 0 Å². The van der Waals surface area contributed by atoms with E-state index in [0.29, 0.717) is 0 Å². The number of carbonyl (C=O) groups excluding carboxylic acids is 2. The van der Waals surface area contributed by atoms with Crippen molar-refractivity contribution in [3.05, 3.63) is 0 Å². The summed E-state index contributed by atoms with van der Waals surface area (Å²) in [5.74, 6) is 0.0252. The molecule has 3 rings (SSSR count). The average Bonchev–Trinajstić information content (AvgIpc) is 2.61. The normalized spacial score (nSPS) is 30.9. The van der Waals surface area contributed by atoms with Crippen molar-refractivity contribution < 1.29 is 14.3 Å². The summed E-state index contributed by atoms with van der Waals surface area (Å²) in [7, 11) is 1.68. The molecular weight excluding hydrogens is 292 g/mol. The van der Waals surface area contributed by atoms with E-state index in [0.717, 1.165) is 71.2 Å². The lowest BCUT2D eigenvalue weighted by Crippen LogP contribution is -2.52. The number of piperidine rings is 1. The van der Waals surface area contributed by atoms with E-state index in [-0.39, 0.29) is 29.1 Å². The standard InChI is InChI=1S/C18H30N2O3/c1-19-16(21)14-5-2-3-6-15(14)17(22)20-10-4-7-18(13-20)8-11-23-12-9-18/h14-15H,2-13H2,1H3,(H,19,21). The molecule has 3 aliphatic rings. The van der Waals surface area contributed by atoms with Crippen LogP contribution in [0.1, 0.15) is 51.4 Å². The predicted octanol–water partition coefficient (Wildman–Crippen LogP) is 1.96. The van der Waals surface area contributed by atoms with E-state index in [2.05, 4.69) is 10.2 Å². The molecule has 0 aromatic heterocycles. The fourth-order valence-corrected chi connectivity index (χ4v) is 4.77. The van der Waals surface area contributed by atoms with Crippen LogP contribution in [0.2, 0.25) is 0 Å². The Kier molecular flexibility index (Phi) is 5.24. The monoisotopic (exact) mass is 322 g/mol. The van der Waals surface area contributed by atoms with E-state index >= 15 is 0 Å². The fraction of sp³-hybridized carbons (Fsp3) is 0.889. The molecule has 2 unspecified atom stereocenters. The van der Waals surface area contributed by atoms with Crippen LogP contribution in [0.4, 0.5) is 0 Å². The average molecular weight is 322 g/mol. The van der Waals surface area contributed by atoms with Gasteiger partial charge in [-0.15, -0.1) is 0 Å². The van der Waals surface area contributed by atoms with Crippen molar-refractivity contribution in [2.45, 2.75) is 51.4 Å². The second-order valence-electron chi connectivity index (χ2n) is 7.59. The quantitative estimate of drug-likeness (QED) is 0.845. The third kappa shape index (κ3) is 3.54. The zero-order valence-corrected chi connectivity index (χ0v) is 14.3. The van der Waals surface area contributed by atoms with Crippen LogP contribution in [0.5, 0.6) is 0 Å². The smallest absolute Gasteiger partial charge is 0.226 e. The van der Waals surface area contributed by atoms with Crippen LogP contribution in [0.25, 0.3) is 0 Å². The molecular formula is C18H30N2O3. The second-order valence-corrected chi connectivity index (χ2v) is 7.59. The van der Waals surface area contributed by atoms with Crippen molar-refractivity contribution in [3.8, 4) is 0 Å². The first-order valence-corrected chi connectivity index (χ1v) is 9.23. The van der Waals surface area contributed by atoms with Gasteiger partial charge in [-0.3, -0.25) is 9.59 Å². The molecule has 1 aliphatic carbocycles. The SMILES string of the molecule is CNC(=O)C1CCCCC1C(=O)N1CCCC2(CCOCC2)C1. The molecule has 2 saturated heterocycles. The Labute approximate surface area is 139 Å². The second kappa shape index (κ2) is 7.20. The number of nitrogens with zero attached hydrogens (tertiary/aromatic N) is 1. The highest BCUT2D eigenvalue weighted by Crippen LogP contribution is 2.40. The van der Waals surface area contributed by atoms with Crippen LogP contribution in [-0.4, -0.2) is 50.1 Å². The molecule has 2 heterocycles. The summed E-state index contributed by atoms with van der Waals surface area (Å²) in [5.41, 5.74) is 0.267. The van der Waals surface area contributed by atoms with Crippen molar-refractivity contribution >= 4 is 11.8 Å². The van der Waals surface area contributed by atoms with Gasteiger partial charge < -0.3 is 15.0 Å². The molecule has 0 radical (unpaired) electrons. The summed E-state index contributed by atoms with van der Waals surface area (Å²) in [6, 6.07) is 0. The minimum atomic E-state index is -0.131. The first-order valence-electron chi connectivity index (χ1n) is 9.23. The molecule has 1 saturated carbocycles. The van der Waals surface area contributed by atoms with E-state index in [9.17, 15) is 9.59 Å². The Hall–Kier alpha value is -1.10. The molecule has 2 aliphatic heterocycles. The van der Waals surface area contributed by atoms with E-state index in [4.69, 9.17) is 4.74 Å². The molecule has 0 aromatic carbocycles. The van der Waals surface area contributed by atoms with Crippen molar-refractivity contribution in [1.29, 1.82) is 0 Å².